The number of likely N-dealkylation sites (tertiary alicyclic amines) is 2. The van der Waals surface area contributed by atoms with E-state index in [-0.39, 0.29) is 17.7 Å². The third-order valence-corrected chi connectivity index (χ3v) is 6.08. The smallest absolute Gasteiger partial charge is 0.253 e. The second-order valence-electron chi connectivity index (χ2n) is 7.16. The van der Waals surface area contributed by atoms with Crippen molar-refractivity contribution in [1.29, 1.82) is 0 Å². The van der Waals surface area contributed by atoms with Crippen LogP contribution in [0.2, 0.25) is 10.0 Å². The Hall–Kier alpha value is -1.79. The summed E-state index contributed by atoms with van der Waals surface area (Å²) in [6.07, 6.45) is 3.81. The Labute approximate surface area is 168 Å². The number of rotatable bonds is 3. The van der Waals surface area contributed by atoms with Gasteiger partial charge in [-0.2, -0.15) is 0 Å². The maximum absolute atomic E-state index is 13.0. The zero-order valence-electron chi connectivity index (χ0n) is 15.0. The minimum atomic E-state index is -0.535. The molecule has 2 fully saturated rings. The van der Waals surface area contributed by atoms with Crippen LogP contribution < -0.4 is 5.73 Å². The number of primary amides is 1. The summed E-state index contributed by atoms with van der Waals surface area (Å²) in [5, 5.41) is 0.715. The highest BCUT2D eigenvalue weighted by atomic mass is 35.5. The summed E-state index contributed by atoms with van der Waals surface area (Å²) in [7, 11) is 0. The van der Waals surface area contributed by atoms with E-state index >= 15 is 0 Å². The lowest BCUT2D eigenvalue weighted by atomic mass is 9.93. The molecule has 6 nitrogen and oxygen atoms in total. The van der Waals surface area contributed by atoms with E-state index in [1.807, 2.05) is 0 Å². The molecule has 3 rings (SSSR count). The van der Waals surface area contributed by atoms with Gasteiger partial charge in [-0.1, -0.05) is 23.2 Å². The van der Waals surface area contributed by atoms with Crippen LogP contribution in [0.25, 0.3) is 0 Å². The van der Waals surface area contributed by atoms with Gasteiger partial charge in [-0.15, -0.1) is 0 Å². The van der Waals surface area contributed by atoms with Crippen LogP contribution in [0.1, 0.15) is 42.5 Å². The Morgan fingerprint density at radius 3 is 2.48 bits per heavy atom. The lowest BCUT2D eigenvalue weighted by Crippen LogP contribution is -2.54. The molecule has 1 aromatic carbocycles. The first-order valence-corrected chi connectivity index (χ1v) is 9.98. The molecule has 8 heteroatoms. The molecule has 2 atom stereocenters. The summed E-state index contributed by atoms with van der Waals surface area (Å²) < 4.78 is 0. The number of carbonyl (C=O) groups excluding carboxylic acids is 3. The Kier molecular flexibility index (Phi) is 6.27. The number of nitrogens with zero attached hydrogens (tertiary/aromatic N) is 2. The fourth-order valence-electron chi connectivity index (χ4n) is 3.90. The molecule has 0 bridgehead atoms. The molecule has 0 aromatic heterocycles. The molecule has 2 saturated heterocycles. The fraction of sp³-hybridized carbons (Fsp3) is 0.526. The summed E-state index contributed by atoms with van der Waals surface area (Å²) in [5.41, 5.74) is 5.93. The van der Waals surface area contributed by atoms with Crippen LogP contribution in [-0.2, 0) is 9.59 Å². The van der Waals surface area contributed by atoms with Crippen molar-refractivity contribution in [3.63, 3.8) is 0 Å². The van der Waals surface area contributed by atoms with E-state index in [4.69, 9.17) is 28.9 Å². The van der Waals surface area contributed by atoms with E-state index in [1.165, 1.54) is 0 Å². The van der Waals surface area contributed by atoms with Gasteiger partial charge in [0.1, 0.15) is 6.04 Å². The second-order valence-corrected chi connectivity index (χ2v) is 7.98. The van der Waals surface area contributed by atoms with Gasteiger partial charge in [-0.25, -0.2) is 0 Å². The Morgan fingerprint density at radius 1 is 1.00 bits per heavy atom. The minimum Gasteiger partial charge on any atom is -0.368 e. The van der Waals surface area contributed by atoms with Gasteiger partial charge in [0.05, 0.1) is 16.0 Å². The molecule has 0 spiro atoms. The van der Waals surface area contributed by atoms with Crippen LogP contribution in [0.15, 0.2) is 18.2 Å². The SMILES string of the molecule is NC(=O)C1CCCCN1C(=O)C1CCCN(C(=O)c2ccc(Cl)c(Cl)c2)C1. The molecule has 2 aliphatic rings. The van der Waals surface area contributed by atoms with Gasteiger partial charge >= 0.3 is 0 Å². The third kappa shape index (κ3) is 4.38. The Balaban J connectivity index is 1.71. The van der Waals surface area contributed by atoms with Crippen LogP contribution >= 0.6 is 23.2 Å². The topological polar surface area (TPSA) is 83.7 Å². The van der Waals surface area contributed by atoms with E-state index in [0.29, 0.717) is 48.1 Å². The quantitative estimate of drug-likeness (QED) is 0.829. The van der Waals surface area contributed by atoms with Crippen molar-refractivity contribution >= 4 is 40.9 Å². The summed E-state index contributed by atoms with van der Waals surface area (Å²) in [5.74, 6) is -1.02. The van der Waals surface area contributed by atoms with Crippen LogP contribution in [0.4, 0.5) is 0 Å². The molecular formula is C19H23Cl2N3O3. The van der Waals surface area contributed by atoms with Gasteiger partial charge in [0.2, 0.25) is 11.8 Å². The predicted molar refractivity (Wildman–Crippen MR) is 104 cm³/mol. The molecule has 146 valence electrons. The van der Waals surface area contributed by atoms with Gasteiger partial charge in [0, 0.05) is 25.2 Å². The van der Waals surface area contributed by atoms with E-state index < -0.39 is 11.9 Å². The summed E-state index contributed by atoms with van der Waals surface area (Å²) in [6, 6.07) is 4.24. The molecule has 2 heterocycles. The van der Waals surface area contributed by atoms with Crippen molar-refractivity contribution in [3.05, 3.63) is 33.8 Å². The number of hydrogen-bond donors (Lipinski definition) is 1. The van der Waals surface area contributed by atoms with Crippen molar-refractivity contribution < 1.29 is 14.4 Å². The second kappa shape index (κ2) is 8.48. The molecule has 2 unspecified atom stereocenters. The first-order valence-electron chi connectivity index (χ1n) is 9.22. The third-order valence-electron chi connectivity index (χ3n) is 5.34. The largest absolute Gasteiger partial charge is 0.368 e. The molecular weight excluding hydrogens is 389 g/mol. The maximum Gasteiger partial charge on any atom is 0.253 e. The van der Waals surface area contributed by atoms with Gasteiger partial charge in [-0.3, -0.25) is 14.4 Å². The lowest BCUT2D eigenvalue weighted by molar-refractivity contribution is -0.145. The average molecular weight is 412 g/mol. The van der Waals surface area contributed by atoms with Gasteiger partial charge in [0.15, 0.2) is 0 Å². The van der Waals surface area contributed by atoms with Crippen molar-refractivity contribution in [2.45, 2.75) is 38.1 Å². The normalized spacial score (nSPS) is 23.2. The first kappa shape index (κ1) is 20.0. The molecule has 3 amide bonds. The van der Waals surface area contributed by atoms with Crippen molar-refractivity contribution in [3.8, 4) is 0 Å². The average Bonchev–Trinajstić information content (AvgIpc) is 2.69. The minimum absolute atomic E-state index is 0.0786. The Bertz CT molecular complexity index is 756. The predicted octanol–water partition coefficient (Wildman–Crippen LogP) is 2.71. The highest BCUT2D eigenvalue weighted by Gasteiger charge is 2.37. The van der Waals surface area contributed by atoms with Crippen LogP contribution in [0.3, 0.4) is 0 Å². The molecule has 0 radical (unpaired) electrons. The van der Waals surface area contributed by atoms with E-state index in [2.05, 4.69) is 0 Å². The standard InChI is InChI=1S/C19H23Cl2N3O3/c20-14-7-6-12(10-15(14)21)18(26)23-8-3-4-13(11-23)19(27)24-9-2-1-5-16(24)17(22)25/h6-7,10,13,16H,1-5,8-9,11H2,(H2,22,25). The number of carbonyl (C=O) groups is 3. The zero-order chi connectivity index (χ0) is 19.6. The van der Waals surface area contributed by atoms with Crippen LogP contribution in [-0.4, -0.2) is 53.2 Å². The highest BCUT2D eigenvalue weighted by Crippen LogP contribution is 2.27. The van der Waals surface area contributed by atoms with Crippen LogP contribution in [0, 0.1) is 5.92 Å². The van der Waals surface area contributed by atoms with Crippen molar-refractivity contribution in [2.75, 3.05) is 19.6 Å². The lowest BCUT2D eigenvalue weighted by Gasteiger charge is -2.39. The number of hydrogen-bond acceptors (Lipinski definition) is 3. The van der Waals surface area contributed by atoms with Gasteiger partial charge < -0.3 is 15.5 Å². The Morgan fingerprint density at radius 2 is 1.78 bits per heavy atom. The van der Waals surface area contributed by atoms with E-state index in [0.717, 1.165) is 19.3 Å². The first-order chi connectivity index (χ1) is 12.9. The molecule has 0 aliphatic carbocycles. The van der Waals surface area contributed by atoms with E-state index in [1.54, 1.807) is 28.0 Å². The summed E-state index contributed by atoms with van der Waals surface area (Å²) in [4.78, 5) is 40.8. The number of benzene rings is 1. The number of amides is 3. The molecule has 0 saturated carbocycles. The molecule has 1 aromatic rings. The monoisotopic (exact) mass is 411 g/mol. The summed E-state index contributed by atoms with van der Waals surface area (Å²) >= 11 is 11.9. The van der Waals surface area contributed by atoms with Gasteiger partial charge in [-0.05, 0) is 50.3 Å². The molecule has 2 aliphatic heterocycles. The van der Waals surface area contributed by atoms with Crippen LogP contribution in [0.5, 0.6) is 0 Å². The fourth-order valence-corrected chi connectivity index (χ4v) is 4.20. The van der Waals surface area contributed by atoms with Crippen molar-refractivity contribution in [1.82, 2.24) is 9.80 Å². The zero-order valence-corrected chi connectivity index (χ0v) is 16.5. The number of halogens is 2. The van der Waals surface area contributed by atoms with Gasteiger partial charge in [0.25, 0.3) is 5.91 Å². The molecule has 2 N–H and O–H groups in total. The maximum atomic E-state index is 13.0. The van der Waals surface area contributed by atoms with Crippen molar-refractivity contribution in [2.24, 2.45) is 11.7 Å². The summed E-state index contributed by atoms with van der Waals surface area (Å²) in [6.45, 7) is 1.46. The molecule has 27 heavy (non-hydrogen) atoms. The highest BCUT2D eigenvalue weighted by molar-refractivity contribution is 6.42. The van der Waals surface area contributed by atoms with E-state index in [9.17, 15) is 14.4 Å². The number of piperidine rings is 2. The number of nitrogens with two attached hydrogens (primary N) is 1.